The molecule has 0 unspecified atom stereocenters. The summed E-state index contributed by atoms with van der Waals surface area (Å²) in [6.45, 7) is 4.23. The average Bonchev–Trinajstić information content (AvgIpc) is 2.94. The summed E-state index contributed by atoms with van der Waals surface area (Å²) >= 11 is 0. The fourth-order valence-electron chi connectivity index (χ4n) is 3.58. The molecule has 1 heterocycles. The molecule has 0 saturated carbocycles. The van der Waals surface area contributed by atoms with Gasteiger partial charge in [-0.3, -0.25) is 9.69 Å². The van der Waals surface area contributed by atoms with Gasteiger partial charge in [-0.25, -0.2) is 4.79 Å². The molecule has 25 heavy (non-hydrogen) atoms. The summed E-state index contributed by atoms with van der Waals surface area (Å²) in [7, 11) is 0. The summed E-state index contributed by atoms with van der Waals surface area (Å²) in [5.74, 6) is -0.209. The topological polar surface area (TPSA) is 40.6 Å². The molecule has 0 aliphatic carbocycles. The lowest BCUT2D eigenvalue weighted by atomic mass is 9.93. The minimum Gasteiger partial charge on any atom is -0.315 e. The van der Waals surface area contributed by atoms with Crippen LogP contribution in [0.5, 0.6) is 0 Å². The van der Waals surface area contributed by atoms with Gasteiger partial charge in [0.2, 0.25) is 5.91 Å². The van der Waals surface area contributed by atoms with Crippen LogP contribution in [-0.2, 0) is 4.79 Å². The third kappa shape index (κ3) is 3.29. The number of carbonyl (C=O) groups excluding carboxylic acids is 2. The van der Waals surface area contributed by atoms with E-state index in [-0.39, 0.29) is 24.0 Å². The maximum Gasteiger partial charge on any atom is 0.327 e. The fraction of sp³-hybridized carbons (Fsp3) is 0.333. The van der Waals surface area contributed by atoms with Gasteiger partial charge < -0.3 is 4.90 Å². The third-order valence-corrected chi connectivity index (χ3v) is 4.74. The van der Waals surface area contributed by atoms with Crippen molar-refractivity contribution in [3.63, 3.8) is 0 Å². The molecule has 4 nitrogen and oxygen atoms in total. The lowest BCUT2D eigenvalue weighted by molar-refractivity contribution is -0.127. The van der Waals surface area contributed by atoms with Gasteiger partial charge in [0.1, 0.15) is 0 Å². The van der Waals surface area contributed by atoms with E-state index in [4.69, 9.17) is 0 Å². The summed E-state index contributed by atoms with van der Waals surface area (Å²) in [6, 6.07) is 19.2. The van der Waals surface area contributed by atoms with Crippen molar-refractivity contribution in [1.82, 2.24) is 9.80 Å². The predicted octanol–water partition coefficient (Wildman–Crippen LogP) is 4.55. The van der Waals surface area contributed by atoms with E-state index in [9.17, 15) is 9.59 Å². The Kier molecular flexibility index (Phi) is 5.17. The Bertz CT molecular complexity index is 730. The Morgan fingerprint density at radius 3 is 1.92 bits per heavy atom. The van der Waals surface area contributed by atoms with Crippen molar-refractivity contribution in [3.05, 3.63) is 71.8 Å². The summed E-state index contributed by atoms with van der Waals surface area (Å²) in [5.41, 5.74) is 2.04. The highest BCUT2D eigenvalue weighted by Gasteiger charge is 2.48. The van der Waals surface area contributed by atoms with Gasteiger partial charge in [0.15, 0.2) is 0 Å². The van der Waals surface area contributed by atoms with E-state index in [1.807, 2.05) is 65.6 Å². The molecule has 3 rings (SSSR count). The van der Waals surface area contributed by atoms with Crippen molar-refractivity contribution in [3.8, 4) is 0 Å². The largest absolute Gasteiger partial charge is 0.327 e. The summed E-state index contributed by atoms with van der Waals surface area (Å²) in [6.07, 6.45) is 1.92. The van der Waals surface area contributed by atoms with Gasteiger partial charge in [-0.15, -0.1) is 0 Å². The fourth-order valence-corrected chi connectivity index (χ4v) is 3.58. The Labute approximate surface area is 149 Å². The Hall–Kier alpha value is -2.62. The quantitative estimate of drug-likeness (QED) is 0.803. The molecule has 1 saturated heterocycles. The van der Waals surface area contributed by atoms with Crippen molar-refractivity contribution in [2.45, 2.75) is 38.8 Å². The molecule has 130 valence electrons. The normalized spacial score (nSPS) is 20.2. The smallest absolute Gasteiger partial charge is 0.315 e. The Balaban J connectivity index is 2.11. The van der Waals surface area contributed by atoms with Crippen molar-refractivity contribution in [2.75, 3.05) is 6.54 Å². The van der Waals surface area contributed by atoms with E-state index < -0.39 is 0 Å². The van der Waals surface area contributed by atoms with Gasteiger partial charge in [-0.2, -0.15) is 0 Å². The Morgan fingerprint density at radius 2 is 1.44 bits per heavy atom. The number of hydrogen-bond donors (Lipinski definition) is 0. The van der Waals surface area contributed by atoms with Crippen LogP contribution in [0.15, 0.2) is 60.7 Å². The molecular weight excluding hydrogens is 312 g/mol. The van der Waals surface area contributed by atoms with E-state index in [1.54, 1.807) is 0 Å². The lowest BCUT2D eigenvalue weighted by Gasteiger charge is -2.28. The highest BCUT2D eigenvalue weighted by atomic mass is 16.2. The minimum absolute atomic E-state index is 0.161. The molecule has 1 aliphatic heterocycles. The molecule has 2 aromatic carbocycles. The molecule has 0 spiro atoms. The van der Waals surface area contributed by atoms with E-state index in [0.29, 0.717) is 6.54 Å². The molecule has 0 aromatic heterocycles. The first-order chi connectivity index (χ1) is 12.1. The SMILES string of the molecule is CCCCN1C(=O)N(C(C)=O)[C@@H](c2ccccc2)[C@@H]1c1ccccc1. The van der Waals surface area contributed by atoms with Crippen LogP contribution in [0, 0.1) is 0 Å². The molecule has 3 amide bonds. The van der Waals surface area contributed by atoms with Crippen LogP contribution in [0.2, 0.25) is 0 Å². The summed E-state index contributed by atoms with van der Waals surface area (Å²) in [5, 5.41) is 0. The zero-order valence-corrected chi connectivity index (χ0v) is 14.8. The van der Waals surface area contributed by atoms with E-state index >= 15 is 0 Å². The first-order valence-corrected chi connectivity index (χ1v) is 8.85. The van der Waals surface area contributed by atoms with Crippen molar-refractivity contribution < 1.29 is 9.59 Å². The number of unbranched alkanes of at least 4 members (excludes halogenated alkanes) is 1. The zero-order chi connectivity index (χ0) is 17.8. The Morgan fingerprint density at radius 1 is 0.920 bits per heavy atom. The minimum atomic E-state index is -0.301. The number of amides is 3. The molecular formula is C21H24N2O2. The lowest BCUT2D eigenvalue weighted by Crippen LogP contribution is -2.36. The molecule has 0 radical (unpaired) electrons. The number of urea groups is 1. The van der Waals surface area contributed by atoms with E-state index in [2.05, 4.69) is 6.92 Å². The highest BCUT2D eigenvalue weighted by Crippen LogP contribution is 2.45. The van der Waals surface area contributed by atoms with Gasteiger partial charge in [-0.1, -0.05) is 74.0 Å². The zero-order valence-electron chi connectivity index (χ0n) is 14.8. The molecule has 0 bridgehead atoms. The van der Waals surface area contributed by atoms with Crippen LogP contribution in [-0.4, -0.2) is 28.3 Å². The monoisotopic (exact) mass is 336 g/mol. The second-order valence-electron chi connectivity index (χ2n) is 6.43. The molecule has 0 N–H and O–H groups in total. The van der Waals surface area contributed by atoms with Crippen molar-refractivity contribution in [2.24, 2.45) is 0 Å². The second kappa shape index (κ2) is 7.51. The highest BCUT2D eigenvalue weighted by molar-refractivity contribution is 5.96. The van der Waals surface area contributed by atoms with Crippen molar-refractivity contribution >= 4 is 11.9 Å². The number of imide groups is 1. The van der Waals surface area contributed by atoms with E-state index in [0.717, 1.165) is 24.0 Å². The molecule has 2 aromatic rings. The maximum atomic E-state index is 13.1. The van der Waals surface area contributed by atoms with Gasteiger partial charge in [0.25, 0.3) is 0 Å². The van der Waals surface area contributed by atoms with Gasteiger partial charge >= 0.3 is 6.03 Å². The third-order valence-electron chi connectivity index (χ3n) is 4.74. The molecule has 1 fully saturated rings. The van der Waals surface area contributed by atoms with Gasteiger partial charge in [-0.05, 0) is 17.5 Å². The number of rotatable bonds is 5. The first kappa shape index (κ1) is 17.2. The number of carbonyl (C=O) groups is 2. The van der Waals surface area contributed by atoms with Crippen LogP contribution >= 0.6 is 0 Å². The maximum absolute atomic E-state index is 13.1. The van der Waals surface area contributed by atoms with Crippen LogP contribution in [0.3, 0.4) is 0 Å². The van der Waals surface area contributed by atoms with Crippen LogP contribution < -0.4 is 0 Å². The molecule has 1 aliphatic rings. The predicted molar refractivity (Wildman–Crippen MR) is 97.9 cm³/mol. The molecule has 2 atom stereocenters. The number of nitrogens with zero attached hydrogens (tertiary/aromatic N) is 2. The second-order valence-corrected chi connectivity index (χ2v) is 6.43. The van der Waals surface area contributed by atoms with E-state index in [1.165, 1.54) is 11.8 Å². The average molecular weight is 336 g/mol. The van der Waals surface area contributed by atoms with Crippen molar-refractivity contribution in [1.29, 1.82) is 0 Å². The molecule has 4 heteroatoms. The first-order valence-electron chi connectivity index (χ1n) is 8.85. The van der Waals surface area contributed by atoms with Crippen LogP contribution in [0.25, 0.3) is 0 Å². The van der Waals surface area contributed by atoms with Gasteiger partial charge in [0, 0.05) is 13.5 Å². The summed E-state index contributed by atoms with van der Waals surface area (Å²) in [4.78, 5) is 28.6. The summed E-state index contributed by atoms with van der Waals surface area (Å²) < 4.78 is 0. The van der Waals surface area contributed by atoms with Crippen LogP contribution in [0.1, 0.15) is 49.9 Å². The standard InChI is InChI=1S/C21H24N2O2/c1-3-4-15-22-19(17-11-7-5-8-12-17)20(18-13-9-6-10-14-18)23(16(2)24)21(22)25/h5-14,19-20H,3-4,15H2,1-2H3/t19-,20-/m0/s1. The number of benzene rings is 2. The number of hydrogen-bond acceptors (Lipinski definition) is 2. The van der Waals surface area contributed by atoms with Crippen LogP contribution in [0.4, 0.5) is 4.79 Å². The van der Waals surface area contributed by atoms with Gasteiger partial charge in [0.05, 0.1) is 12.1 Å².